The molecule has 1 N–H and O–H groups in total. The number of halogens is 1. The minimum Gasteiger partial charge on any atom is -0.456 e. The van der Waals surface area contributed by atoms with E-state index < -0.39 is 11.9 Å². The molecule has 5 nitrogen and oxygen atoms in total. The van der Waals surface area contributed by atoms with Crippen molar-refractivity contribution in [2.24, 2.45) is 0 Å². The van der Waals surface area contributed by atoms with E-state index in [9.17, 15) is 18.8 Å². The van der Waals surface area contributed by atoms with Crippen LogP contribution in [0.2, 0.25) is 0 Å². The van der Waals surface area contributed by atoms with E-state index in [1.807, 2.05) is 19.1 Å². The van der Waals surface area contributed by atoms with E-state index >= 15 is 0 Å². The Labute approximate surface area is 157 Å². The highest BCUT2D eigenvalue weighted by atomic mass is 19.1. The van der Waals surface area contributed by atoms with Gasteiger partial charge in [-0.15, -0.1) is 0 Å². The number of esters is 1. The molecule has 0 aliphatic heterocycles. The normalized spacial score (nSPS) is 10.3. The van der Waals surface area contributed by atoms with Gasteiger partial charge in [-0.25, -0.2) is 4.39 Å². The third kappa shape index (κ3) is 7.40. The number of ketones is 1. The second-order valence-corrected chi connectivity index (χ2v) is 6.18. The van der Waals surface area contributed by atoms with E-state index in [-0.39, 0.29) is 31.0 Å². The molecule has 0 heterocycles. The summed E-state index contributed by atoms with van der Waals surface area (Å²) in [6.45, 7) is 1.89. The highest BCUT2D eigenvalue weighted by molar-refractivity contribution is 5.97. The minimum atomic E-state index is -0.593. The van der Waals surface area contributed by atoms with Gasteiger partial charge in [0.15, 0.2) is 12.4 Å². The van der Waals surface area contributed by atoms with E-state index in [0.29, 0.717) is 18.5 Å². The van der Waals surface area contributed by atoms with Gasteiger partial charge in [-0.05, 0) is 31.0 Å². The molecule has 27 heavy (non-hydrogen) atoms. The van der Waals surface area contributed by atoms with Crippen LogP contribution in [0, 0.1) is 12.7 Å². The highest BCUT2D eigenvalue weighted by Crippen LogP contribution is 2.08. The van der Waals surface area contributed by atoms with E-state index in [2.05, 4.69) is 5.32 Å². The zero-order chi connectivity index (χ0) is 19.6. The smallest absolute Gasteiger partial charge is 0.306 e. The maximum absolute atomic E-state index is 12.8. The fourth-order valence-electron chi connectivity index (χ4n) is 2.37. The molecule has 2 rings (SSSR count). The molecule has 142 valence electrons. The topological polar surface area (TPSA) is 72.5 Å². The van der Waals surface area contributed by atoms with Gasteiger partial charge in [-0.3, -0.25) is 14.4 Å². The first-order valence-corrected chi connectivity index (χ1v) is 8.70. The van der Waals surface area contributed by atoms with E-state index in [4.69, 9.17) is 4.74 Å². The van der Waals surface area contributed by atoms with Crippen LogP contribution in [0.3, 0.4) is 0 Å². The Kier molecular flexibility index (Phi) is 7.67. The van der Waals surface area contributed by atoms with Gasteiger partial charge < -0.3 is 10.1 Å². The van der Waals surface area contributed by atoms with Crippen LogP contribution < -0.4 is 5.32 Å². The van der Waals surface area contributed by atoms with Crippen molar-refractivity contribution in [3.8, 4) is 0 Å². The molecule has 0 aromatic heterocycles. The summed E-state index contributed by atoms with van der Waals surface area (Å²) in [4.78, 5) is 35.3. The van der Waals surface area contributed by atoms with E-state index in [1.165, 1.54) is 12.1 Å². The summed E-state index contributed by atoms with van der Waals surface area (Å²) < 4.78 is 17.7. The predicted molar refractivity (Wildman–Crippen MR) is 98.8 cm³/mol. The predicted octanol–water partition coefficient (Wildman–Crippen LogP) is 3.00. The van der Waals surface area contributed by atoms with Gasteiger partial charge in [0, 0.05) is 18.5 Å². The summed E-state index contributed by atoms with van der Waals surface area (Å²) in [6, 6.07) is 13.1. The lowest BCUT2D eigenvalue weighted by Crippen LogP contribution is -2.30. The molecule has 6 heteroatoms. The third-order valence-corrected chi connectivity index (χ3v) is 3.94. The molecule has 0 bridgehead atoms. The zero-order valence-corrected chi connectivity index (χ0v) is 15.2. The average molecular weight is 371 g/mol. The molecule has 0 saturated carbocycles. The van der Waals surface area contributed by atoms with E-state index in [0.717, 1.165) is 11.1 Å². The number of rotatable bonds is 9. The van der Waals surface area contributed by atoms with Crippen LogP contribution in [0.1, 0.15) is 34.3 Å². The summed E-state index contributed by atoms with van der Waals surface area (Å²) in [5.74, 6) is -1.47. The Hall–Kier alpha value is -3.02. The van der Waals surface area contributed by atoms with Crippen LogP contribution in [-0.2, 0) is 20.7 Å². The molecule has 0 radical (unpaired) electrons. The van der Waals surface area contributed by atoms with Crippen LogP contribution in [0.4, 0.5) is 4.39 Å². The second-order valence-electron chi connectivity index (χ2n) is 6.18. The molecular formula is C21H22FNO4. The van der Waals surface area contributed by atoms with Crippen molar-refractivity contribution in [2.45, 2.75) is 26.2 Å². The fraction of sp³-hybridized carbons (Fsp3) is 0.286. The molecule has 0 aliphatic rings. The number of Topliss-reactive ketones (excluding diaryl/α,β-unsaturated/α-hetero) is 1. The lowest BCUT2D eigenvalue weighted by molar-refractivity contribution is -0.148. The lowest BCUT2D eigenvalue weighted by atomic mass is 10.1. The molecule has 0 spiro atoms. The number of nitrogens with one attached hydrogen (secondary N) is 1. The summed E-state index contributed by atoms with van der Waals surface area (Å²) in [5, 5.41) is 2.62. The van der Waals surface area contributed by atoms with Crippen molar-refractivity contribution in [1.82, 2.24) is 5.32 Å². The van der Waals surface area contributed by atoms with Gasteiger partial charge in [0.1, 0.15) is 5.82 Å². The van der Waals surface area contributed by atoms with Gasteiger partial charge in [-0.2, -0.15) is 0 Å². The maximum atomic E-state index is 12.8. The minimum absolute atomic E-state index is 0.0358. The second kappa shape index (κ2) is 10.2. The molecule has 1 amide bonds. The zero-order valence-electron chi connectivity index (χ0n) is 15.2. The Morgan fingerprint density at radius 2 is 1.63 bits per heavy atom. The van der Waals surface area contributed by atoms with Crippen molar-refractivity contribution in [2.75, 3.05) is 13.2 Å². The van der Waals surface area contributed by atoms with Crippen molar-refractivity contribution in [1.29, 1.82) is 0 Å². The molecule has 0 saturated heterocycles. The lowest BCUT2D eigenvalue weighted by Gasteiger charge is -2.07. The Balaban J connectivity index is 1.61. The number of carbonyl (C=O) groups is 3. The summed E-state index contributed by atoms with van der Waals surface area (Å²) in [6.07, 6.45) is 0.509. The van der Waals surface area contributed by atoms with Crippen LogP contribution in [-0.4, -0.2) is 30.8 Å². The van der Waals surface area contributed by atoms with Crippen molar-refractivity contribution in [3.05, 3.63) is 71.0 Å². The van der Waals surface area contributed by atoms with Crippen LogP contribution in [0.5, 0.6) is 0 Å². The Morgan fingerprint density at radius 1 is 0.963 bits per heavy atom. The Morgan fingerprint density at radius 3 is 2.30 bits per heavy atom. The first kappa shape index (κ1) is 20.3. The average Bonchev–Trinajstić information content (AvgIpc) is 2.66. The first-order chi connectivity index (χ1) is 12.9. The first-order valence-electron chi connectivity index (χ1n) is 8.70. The molecule has 0 unspecified atom stereocenters. The standard InChI is InChI=1S/C21H22FNO4/c1-15-2-6-17(7-3-15)19(24)10-11-21(26)27-14-20(25)23-13-12-16-4-8-18(22)9-5-16/h2-9H,10-14H2,1H3,(H,23,25). The summed E-state index contributed by atoms with van der Waals surface area (Å²) in [7, 11) is 0. The molecule has 0 aliphatic carbocycles. The van der Waals surface area contributed by atoms with Crippen molar-refractivity contribution < 1.29 is 23.5 Å². The highest BCUT2D eigenvalue weighted by Gasteiger charge is 2.11. The number of ether oxygens (including phenoxy) is 1. The molecule has 0 atom stereocenters. The SMILES string of the molecule is Cc1ccc(C(=O)CCC(=O)OCC(=O)NCCc2ccc(F)cc2)cc1. The molecular weight excluding hydrogens is 349 g/mol. The quantitative estimate of drug-likeness (QED) is 0.543. The van der Waals surface area contributed by atoms with Gasteiger partial charge in [0.05, 0.1) is 6.42 Å². The number of benzene rings is 2. The monoisotopic (exact) mass is 371 g/mol. The van der Waals surface area contributed by atoms with E-state index in [1.54, 1.807) is 24.3 Å². The van der Waals surface area contributed by atoms with Gasteiger partial charge in [0.25, 0.3) is 5.91 Å². The number of aryl methyl sites for hydroxylation is 1. The van der Waals surface area contributed by atoms with Crippen LogP contribution >= 0.6 is 0 Å². The van der Waals surface area contributed by atoms with Crippen molar-refractivity contribution >= 4 is 17.7 Å². The Bertz CT molecular complexity index is 785. The number of carbonyl (C=O) groups excluding carboxylic acids is 3. The summed E-state index contributed by atoms with van der Waals surface area (Å²) >= 11 is 0. The van der Waals surface area contributed by atoms with Crippen LogP contribution in [0.25, 0.3) is 0 Å². The molecule has 0 fully saturated rings. The fourth-order valence-corrected chi connectivity index (χ4v) is 2.37. The number of hydrogen-bond acceptors (Lipinski definition) is 4. The maximum Gasteiger partial charge on any atom is 0.306 e. The number of hydrogen-bond donors (Lipinski definition) is 1. The van der Waals surface area contributed by atoms with Gasteiger partial charge >= 0.3 is 5.97 Å². The molecule has 2 aromatic carbocycles. The van der Waals surface area contributed by atoms with Gasteiger partial charge in [-0.1, -0.05) is 42.0 Å². The van der Waals surface area contributed by atoms with Crippen LogP contribution in [0.15, 0.2) is 48.5 Å². The van der Waals surface area contributed by atoms with Gasteiger partial charge in [0.2, 0.25) is 0 Å². The number of amides is 1. The third-order valence-electron chi connectivity index (χ3n) is 3.94. The van der Waals surface area contributed by atoms with Crippen molar-refractivity contribution in [3.63, 3.8) is 0 Å². The largest absolute Gasteiger partial charge is 0.456 e. The summed E-state index contributed by atoms with van der Waals surface area (Å²) in [5.41, 5.74) is 2.49. The molecule has 2 aromatic rings.